The summed E-state index contributed by atoms with van der Waals surface area (Å²) in [6, 6.07) is 20.2. The van der Waals surface area contributed by atoms with Crippen LogP contribution in [0.25, 0.3) is 22.3 Å². The molecule has 3 aromatic rings. The van der Waals surface area contributed by atoms with Gasteiger partial charge in [0.2, 0.25) is 0 Å². The molecule has 0 nitrogen and oxygen atoms in total. The van der Waals surface area contributed by atoms with Crippen molar-refractivity contribution < 1.29 is 26.3 Å². The third kappa shape index (κ3) is 5.63. The first-order valence-electron chi connectivity index (χ1n) is 12.5. The van der Waals surface area contributed by atoms with E-state index in [1.54, 1.807) is 0 Å². The molecule has 4 rings (SSSR count). The zero-order chi connectivity index (χ0) is 25.9. The summed E-state index contributed by atoms with van der Waals surface area (Å²) in [5, 5.41) is 0. The van der Waals surface area contributed by atoms with E-state index in [1.165, 1.54) is 56.2 Å². The number of alkyl halides is 6. The van der Waals surface area contributed by atoms with E-state index in [-0.39, 0.29) is 0 Å². The molecule has 192 valence electrons. The van der Waals surface area contributed by atoms with Gasteiger partial charge in [-0.15, -0.1) is 0 Å². The molecule has 0 N–H and O–H groups in total. The first-order chi connectivity index (χ1) is 17.1. The lowest BCUT2D eigenvalue weighted by atomic mass is 9.77. The third-order valence-electron chi connectivity index (χ3n) is 7.35. The number of hydrogen-bond acceptors (Lipinski definition) is 0. The normalized spacial score (nSPS) is 19.8. The monoisotopic (exact) mass is 504 g/mol. The van der Waals surface area contributed by atoms with E-state index in [0.29, 0.717) is 11.5 Å². The Labute approximate surface area is 208 Å². The average Bonchev–Trinajstić information content (AvgIpc) is 2.88. The molecule has 0 spiro atoms. The van der Waals surface area contributed by atoms with Crippen LogP contribution in [-0.2, 0) is 5.92 Å². The van der Waals surface area contributed by atoms with Gasteiger partial charge in [0.1, 0.15) is 0 Å². The molecule has 1 saturated carbocycles. The molecular formula is C30H30F6. The lowest BCUT2D eigenvalue weighted by Gasteiger charge is -2.28. The van der Waals surface area contributed by atoms with E-state index in [2.05, 4.69) is 31.2 Å². The summed E-state index contributed by atoms with van der Waals surface area (Å²) in [7, 11) is 0. The summed E-state index contributed by atoms with van der Waals surface area (Å²) in [5.41, 5.74) is 3.48. The second-order valence-corrected chi connectivity index (χ2v) is 9.78. The maximum absolute atomic E-state index is 14.1. The van der Waals surface area contributed by atoms with Crippen molar-refractivity contribution in [2.24, 2.45) is 5.92 Å². The van der Waals surface area contributed by atoms with Crippen molar-refractivity contribution in [3.8, 4) is 22.3 Å². The lowest BCUT2D eigenvalue weighted by Crippen LogP contribution is -2.39. The van der Waals surface area contributed by atoms with Crippen molar-refractivity contribution in [1.82, 2.24) is 0 Å². The lowest BCUT2D eigenvalue weighted by molar-refractivity contribution is -0.248. The van der Waals surface area contributed by atoms with Crippen LogP contribution in [0.15, 0.2) is 72.8 Å². The van der Waals surface area contributed by atoms with Crippen LogP contribution < -0.4 is 0 Å². The highest BCUT2D eigenvalue weighted by Crippen LogP contribution is 2.43. The standard InChI is InChI=1S/C30H30F6/c1-2-5-20-8-10-21(11-9-20)22-12-14-23(15-13-22)26-6-3-4-7-27(26)24-16-18-25(19-17-24)29(32,33)28(31)30(34,35)36/h3-4,6-7,12-21,28H,2,5,8-11H2,1H3. The van der Waals surface area contributed by atoms with E-state index >= 15 is 0 Å². The van der Waals surface area contributed by atoms with Crippen LogP contribution in [0.4, 0.5) is 26.3 Å². The fourth-order valence-corrected chi connectivity index (χ4v) is 5.34. The van der Waals surface area contributed by atoms with Gasteiger partial charge in [-0.05, 0) is 65.3 Å². The van der Waals surface area contributed by atoms with Crippen LogP contribution in [0, 0.1) is 5.92 Å². The molecule has 1 aliphatic rings. The molecule has 0 radical (unpaired) electrons. The van der Waals surface area contributed by atoms with Gasteiger partial charge in [-0.1, -0.05) is 92.6 Å². The molecule has 0 saturated heterocycles. The molecule has 1 atom stereocenters. The van der Waals surface area contributed by atoms with E-state index in [9.17, 15) is 26.3 Å². The van der Waals surface area contributed by atoms with Gasteiger partial charge in [-0.2, -0.15) is 22.0 Å². The quantitative estimate of drug-likeness (QED) is 0.281. The smallest absolute Gasteiger partial charge is 0.230 e. The fourth-order valence-electron chi connectivity index (χ4n) is 5.34. The molecule has 36 heavy (non-hydrogen) atoms. The summed E-state index contributed by atoms with van der Waals surface area (Å²) >= 11 is 0. The highest BCUT2D eigenvalue weighted by atomic mass is 19.4. The third-order valence-corrected chi connectivity index (χ3v) is 7.35. The van der Waals surface area contributed by atoms with E-state index in [0.717, 1.165) is 34.7 Å². The van der Waals surface area contributed by atoms with Crippen molar-refractivity contribution in [3.63, 3.8) is 0 Å². The summed E-state index contributed by atoms with van der Waals surface area (Å²) in [6.07, 6.45) is -2.43. The predicted octanol–water partition coefficient (Wildman–Crippen LogP) is 10.1. The number of hydrogen-bond donors (Lipinski definition) is 0. The number of rotatable bonds is 7. The van der Waals surface area contributed by atoms with Crippen LogP contribution in [0.3, 0.4) is 0 Å². The molecule has 0 bridgehead atoms. The van der Waals surface area contributed by atoms with Crippen molar-refractivity contribution >= 4 is 0 Å². The maximum atomic E-state index is 14.1. The molecule has 3 aromatic carbocycles. The highest BCUT2D eigenvalue weighted by molar-refractivity contribution is 5.83. The molecule has 0 amide bonds. The Bertz CT molecular complexity index is 1120. The van der Waals surface area contributed by atoms with Crippen LogP contribution in [-0.4, -0.2) is 12.3 Å². The van der Waals surface area contributed by atoms with E-state index in [1.807, 2.05) is 24.3 Å². The van der Waals surface area contributed by atoms with Crippen LogP contribution >= 0.6 is 0 Å². The molecule has 0 aromatic heterocycles. The van der Waals surface area contributed by atoms with Crippen molar-refractivity contribution in [2.75, 3.05) is 0 Å². The van der Waals surface area contributed by atoms with Gasteiger partial charge < -0.3 is 0 Å². The van der Waals surface area contributed by atoms with Gasteiger partial charge >= 0.3 is 12.1 Å². The zero-order valence-electron chi connectivity index (χ0n) is 20.2. The van der Waals surface area contributed by atoms with Crippen molar-refractivity contribution in [3.05, 3.63) is 83.9 Å². The Kier molecular flexibility index (Phi) is 7.82. The van der Waals surface area contributed by atoms with Crippen LogP contribution in [0.1, 0.15) is 62.5 Å². The molecular weight excluding hydrogens is 474 g/mol. The Hall–Kier alpha value is -2.76. The van der Waals surface area contributed by atoms with Gasteiger partial charge in [0, 0.05) is 5.56 Å². The van der Waals surface area contributed by atoms with Crippen molar-refractivity contribution in [2.45, 2.75) is 69.6 Å². The Morgan fingerprint density at radius 1 is 0.722 bits per heavy atom. The number of benzene rings is 3. The van der Waals surface area contributed by atoms with E-state index in [4.69, 9.17) is 0 Å². The predicted molar refractivity (Wildman–Crippen MR) is 132 cm³/mol. The maximum Gasteiger partial charge on any atom is 0.426 e. The molecule has 1 unspecified atom stereocenters. The second-order valence-electron chi connectivity index (χ2n) is 9.78. The van der Waals surface area contributed by atoms with Crippen molar-refractivity contribution in [1.29, 1.82) is 0 Å². The van der Waals surface area contributed by atoms with Crippen LogP contribution in [0.5, 0.6) is 0 Å². The Morgan fingerprint density at radius 2 is 1.22 bits per heavy atom. The number of halogens is 6. The minimum absolute atomic E-state index is 0.561. The summed E-state index contributed by atoms with van der Waals surface area (Å²) in [5.74, 6) is -3.26. The summed E-state index contributed by atoms with van der Waals surface area (Å²) in [4.78, 5) is 0. The van der Waals surface area contributed by atoms with Crippen LogP contribution in [0.2, 0.25) is 0 Å². The topological polar surface area (TPSA) is 0 Å². The molecule has 0 heterocycles. The largest absolute Gasteiger partial charge is 0.426 e. The zero-order valence-corrected chi connectivity index (χ0v) is 20.2. The van der Waals surface area contributed by atoms with Gasteiger partial charge in [-0.3, -0.25) is 0 Å². The molecule has 1 aliphatic carbocycles. The minimum Gasteiger partial charge on any atom is -0.230 e. The molecule has 6 heteroatoms. The first-order valence-corrected chi connectivity index (χ1v) is 12.5. The molecule has 0 aliphatic heterocycles. The molecule has 1 fully saturated rings. The Morgan fingerprint density at radius 3 is 1.69 bits per heavy atom. The summed E-state index contributed by atoms with van der Waals surface area (Å²) in [6.45, 7) is 2.24. The minimum atomic E-state index is -5.64. The fraction of sp³-hybridized carbons (Fsp3) is 0.400. The van der Waals surface area contributed by atoms with E-state index < -0.39 is 23.8 Å². The van der Waals surface area contributed by atoms with Gasteiger partial charge in [-0.25, -0.2) is 4.39 Å². The summed E-state index contributed by atoms with van der Waals surface area (Å²) < 4.78 is 79.3. The average molecular weight is 505 g/mol. The van der Waals surface area contributed by atoms with Gasteiger partial charge in [0.15, 0.2) is 0 Å². The second kappa shape index (κ2) is 10.7. The SMILES string of the molecule is CCCC1CCC(c2ccc(-c3ccccc3-c3ccc(C(F)(F)C(F)C(F)(F)F)cc3)cc2)CC1. The first kappa shape index (κ1) is 26.3. The Balaban J connectivity index is 1.54. The van der Waals surface area contributed by atoms with Gasteiger partial charge in [0.05, 0.1) is 0 Å². The van der Waals surface area contributed by atoms with Gasteiger partial charge in [0.25, 0.3) is 6.17 Å². The highest BCUT2D eigenvalue weighted by Gasteiger charge is 2.57.